The van der Waals surface area contributed by atoms with Gasteiger partial charge in [-0.25, -0.2) is 0 Å². The third-order valence-electron chi connectivity index (χ3n) is 6.65. The number of oxime groups is 1. The molecular formula is C26H31NO3. The smallest absolute Gasteiger partial charge is 0.162 e. The Labute approximate surface area is 179 Å². The van der Waals surface area contributed by atoms with Gasteiger partial charge in [-0.2, -0.15) is 0 Å². The van der Waals surface area contributed by atoms with Crippen LogP contribution in [0.5, 0.6) is 11.5 Å². The van der Waals surface area contributed by atoms with E-state index in [-0.39, 0.29) is 11.7 Å². The van der Waals surface area contributed by atoms with Crippen LogP contribution in [0.2, 0.25) is 0 Å². The molecule has 0 saturated heterocycles. The van der Waals surface area contributed by atoms with Crippen molar-refractivity contribution < 1.29 is 14.3 Å². The maximum absolute atomic E-state index is 6.50. The molecule has 2 aromatic carbocycles. The van der Waals surface area contributed by atoms with Crippen molar-refractivity contribution in [3.05, 3.63) is 59.2 Å². The number of benzene rings is 2. The first-order valence-electron chi connectivity index (χ1n) is 11.5. The van der Waals surface area contributed by atoms with Gasteiger partial charge in [0.15, 0.2) is 11.5 Å². The highest BCUT2D eigenvalue weighted by molar-refractivity contribution is 6.02. The van der Waals surface area contributed by atoms with E-state index in [0.717, 1.165) is 61.3 Å². The summed E-state index contributed by atoms with van der Waals surface area (Å²) in [5.41, 5.74) is 4.84. The second-order valence-electron chi connectivity index (χ2n) is 8.98. The molecule has 3 aliphatic rings. The summed E-state index contributed by atoms with van der Waals surface area (Å²) in [6.45, 7) is 2.81. The number of nitrogens with zero attached hydrogens (tertiary/aromatic N) is 1. The number of fused-ring (bicyclic) bond motifs is 1. The monoisotopic (exact) mass is 405 g/mol. The Bertz CT molecular complexity index is 905. The SMILES string of the molecule is CCCOc1ccc(C2=NOC3(CCCCC3)C2)cc1OC1Cc2ccccc2C1. The normalized spacial score (nSPS) is 20.0. The van der Waals surface area contributed by atoms with Gasteiger partial charge in [-0.15, -0.1) is 0 Å². The van der Waals surface area contributed by atoms with Crippen molar-refractivity contribution in [1.29, 1.82) is 0 Å². The average molecular weight is 406 g/mol. The molecule has 4 nitrogen and oxygen atoms in total. The summed E-state index contributed by atoms with van der Waals surface area (Å²) in [4.78, 5) is 5.98. The molecule has 0 N–H and O–H groups in total. The Hall–Kier alpha value is -2.49. The molecule has 2 aromatic rings. The van der Waals surface area contributed by atoms with Crippen molar-refractivity contribution in [2.45, 2.75) is 76.4 Å². The summed E-state index contributed by atoms with van der Waals surface area (Å²) in [7, 11) is 0. The van der Waals surface area contributed by atoms with E-state index in [4.69, 9.17) is 14.3 Å². The maximum atomic E-state index is 6.50. The minimum absolute atomic E-state index is 0.0704. The molecule has 0 bridgehead atoms. The minimum Gasteiger partial charge on any atom is -0.490 e. The van der Waals surface area contributed by atoms with E-state index >= 15 is 0 Å². The zero-order chi connectivity index (χ0) is 20.4. The van der Waals surface area contributed by atoms with Gasteiger partial charge in [0, 0.05) is 24.8 Å². The average Bonchev–Trinajstić information content (AvgIpc) is 3.37. The summed E-state index contributed by atoms with van der Waals surface area (Å²) < 4.78 is 12.5. The van der Waals surface area contributed by atoms with Gasteiger partial charge in [0.1, 0.15) is 11.7 Å². The predicted molar refractivity (Wildman–Crippen MR) is 119 cm³/mol. The van der Waals surface area contributed by atoms with Crippen molar-refractivity contribution in [3.8, 4) is 11.5 Å². The van der Waals surface area contributed by atoms with E-state index in [1.54, 1.807) is 0 Å². The van der Waals surface area contributed by atoms with Gasteiger partial charge in [0.2, 0.25) is 0 Å². The molecule has 1 heterocycles. The Morgan fingerprint density at radius 2 is 1.77 bits per heavy atom. The van der Waals surface area contributed by atoms with Crippen LogP contribution in [-0.2, 0) is 17.7 Å². The van der Waals surface area contributed by atoms with Crippen molar-refractivity contribution >= 4 is 5.71 Å². The Morgan fingerprint density at radius 1 is 1.00 bits per heavy atom. The lowest BCUT2D eigenvalue weighted by Gasteiger charge is -2.30. The van der Waals surface area contributed by atoms with Crippen LogP contribution in [0.4, 0.5) is 0 Å². The lowest BCUT2D eigenvalue weighted by atomic mass is 9.81. The first-order valence-corrected chi connectivity index (χ1v) is 11.5. The van der Waals surface area contributed by atoms with Gasteiger partial charge in [0.05, 0.1) is 12.3 Å². The molecule has 30 heavy (non-hydrogen) atoms. The predicted octanol–water partition coefficient (Wildman–Crippen LogP) is 5.85. The van der Waals surface area contributed by atoms with Crippen molar-refractivity contribution in [2.24, 2.45) is 5.16 Å². The zero-order valence-electron chi connectivity index (χ0n) is 17.9. The number of ether oxygens (including phenoxy) is 2. The maximum Gasteiger partial charge on any atom is 0.162 e. The largest absolute Gasteiger partial charge is 0.490 e. The Balaban J connectivity index is 1.35. The fourth-order valence-electron chi connectivity index (χ4n) is 5.03. The second kappa shape index (κ2) is 8.33. The first-order chi connectivity index (χ1) is 14.7. The quantitative estimate of drug-likeness (QED) is 0.605. The molecule has 1 saturated carbocycles. The second-order valence-corrected chi connectivity index (χ2v) is 8.98. The molecule has 0 radical (unpaired) electrons. The highest BCUT2D eigenvalue weighted by Gasteiger charge is 2.40. The van der Waals surface area contributed by atoms with Crippen LogP contribution in [-0.4, -0.2) is 24.0 Å². The summed E-state index contributed by atoms with van der Waals surface area (Å²) in [6.07, 6.45) is 9.92. The molecule has 0 aromatic heterocycles. The van der Waals surface area contributed by atoms with Crippen molar-refractivity contribution in [3.63, 3.8) is 0 Å². The van der Waals surface area contributed by atoms with E-state index < -0.39 is 0 Å². The summed E-state index contributed by atoms with van der Waals surface area (Å²) in [6, 6.07) is 14.9. The van der Waals surface area contributed by atoms with Gasteiger partial charge in [-0.3, -0.25) is 0 Å². The molecule has 4 heteroatoms. The zero-order valence-corrected chi connectivity index (χ0v) is 17.9. The van der Waals surface area contributed by atoms with Crippen LogP contribution in [0.25, 0.3) is 0 Å². The minimum atomic E-state index is -0.0704. The molecule has 5 rings (SSSR count). The van der Waals surface area contributed by atoms with E-state index in [1.807, 2.05) is 6.07 Å². The standard InChI is InChI=1S/C26H31NO3/c1-2-14-28-24-11-10-21(23-18-26(30-27-23)12-6-3-7-13-26)17-25(24)29-22-15-19-8-4-5-9-20(19)16-22/h4-5,8-11,17,22H,2-3,6-7,12-16,18H2,1H3. The van der Waals surface area contributed by atoms with Crippen LogP contribution in [0, 0.1) is 0 Å². The Kier molecular flexibility index (Phi) is 5.41. The molecular weight excluding hydrogens is 374 g/mol. The number of hydrogen-bond donors (Lipinski definition) is 0. The fourth-order valence-corrected chi connectivity index (χ4v) is 5.03. The molecule has 1 fully saturated rings. The van der Waals surface area contributed by atoms with E-state index in [0.29, 0.717) is 6.61 Å². The lowest BCUT2D eigenvalue weighted by molar-refractivity contribution is -0.0449. The van der Waals surface area contributed by atoms with Gasteiger partial charge >= 0.3 is 0 Å². The molecule has 2 aliphatic carbocycles. The fraction of sp³-hybridized carbons (Fsp3) is 0.500. The molecule has 0 unspecified atom stereocenters. The van der Waals surface area contributed by atoms with Gasteiger partial charge in [-0.05, 0) is 61.4 Å². The third kappa shape index (κ3) is 3.92. The van der Waals surface area contributed by atoms with Crippen molar-refractivity contribution in [2.75, 3.05) is 6.61 Å². The highest BCUT2D eigenvalue weighted by atomic mass is 16.7. The molecule has 1 spiro atoms. The summed E-state index contributed by atoms with van der Waals surface area (Å²) in [5, 5.41) is 4.50. The van der Waals surface area contributed by atoms with Crippen LogP contribution in [0.3, 0.4) is 0 Å². The van der Waals surface area contributed by atoms with Crippen LogP contribution in [0.1, 0.15) is 68.6 Å². The Morgan fingerprint density at radius 3 is 2.50 bits per heavy atom. The van der Waals surface area contributed by atoms with Gasteiger partial charge in [-0.1, -0.05) is 42.8 Å². The van der Waals surface area contributed by atoms with Crippen LogP contribution in [0.15, 0.2) is 47.6 Å². The lowest BCUT2D eigenvalue weighted by Crippen LogP contribution is -2.31. The first kappa shape index (κ1) is 19.5. The molecule has 0 amide bonds. The number of rotatable bonds is 6. The van der Waals surface area contributed by atoms with Gasteiger partial charge < -0.3 is 14.3 Å². The van der Waals surface area contributed by atoms with Crippen LogP contribution >= 0.6 is 0 Å². The molecule has 1 aliphatic heterocycles. The van der Waals surface area contributed by atoms with Crippen molar-refractivity contribution in [1.82, 2.24) is 0 Å². The van der Waals surface area contributed by atoms with E-state index in [2.05, 4.69) is 48.5 Å². The van der Waals surface area contributed by atoms with Gasteiger partial charge in [0.25, 0.3) is 0 Å². The summed E-state index contributed by atoms with van der Waals surface area (Å²) >= 11 is 0. The van der Waals surface area contributed by atoms with E-state index in [1.165, 1.54) is 30.4 Å². The van der Waals surface area contributed by atoms with E-state index in [9.17, 15) is 0 Å². The highest BCUT2D eigenvalue weighted by Crippen LogP contribution is 2.41. The number of hydrogen-bond acceptors (Lipinski definition) is 4. The molecule has 158 valence electrons. The van der Waals surface area contributed by atoms with Crippen LogP contribution < -0.4 is 9.47 Å². The summed E-state index contributed by atoms with van der Waals surface area (Å²) in [5.74, 6) is 1.65. The topological polar surface area (TPSA) is 40.0 Å². The molecule has 0 atom stereocenters. The third-order valence-corrected chi connectivity index (χ3v) is 6.65.